The van der Waals surface area contributed by atoms with E-state index in [9.17, 15) is 4.79 Å². The quantitative estimate of drug-likeness (QED) is 0.533. The Morgan fingerprint density at radius 3 is 2.34 bits per heavy atom. The largest absolute Gasteiger partial charge is 0.493 e. The maximum absolute atomic E-state index is 13.2. The predicted molar refractivity (Wildman–Crippen MR) is 129 cm³/mol. The third kappa shape index (κ3) is 4.31. The minimum absolute atomic E-state index is 0.175. The molecule has 6 heteroatoms. The third-order valence-electron chi connectivity index (χ3n) is 5.28. The number of rotatable bonds is 7. The lowest BCUT2D eigenvalue weighted by molar-refractivity contribution is -0.110. The predicted octanol–water partition coefficient (Wildman–Crippen LogP) is 4.70. The monoisotopic (exact) mass is 429 g/mol. The maximum atomic E-state index is 13.2. The molecule has 0 bridgehead atoms. The van der Waals surface area contributed by atoms with E-state index in [2.05, 4.69) is 27.7 Å². The summed E-state index contributed by atoms with van der Waals surface area (Å²) >= 11 is 0. The minimum atomic E-state index is -0.175. The van der Waals surface area contributed by atoms with Crippen LogP contribution in [0.3, 0.4) is 0 Å². The van der Waals surface area contributed by atoms with Crippen LogP contribution in [0.5, 0.6) is 11.5 Å². The van der Waals surface area contributed by atoms with Crippen molar-refractivity contribution < 1.29 is 14.3 Å². The third-order valence-corrected chi connectivity index (χ3v) is 5.28. The summed E-state index contributed by atoms with van der Waals surface area (Å²) in [6.45, 7) is 0.826. The first kappa shape index (κ1) is 21.5. The summed E-state index contributed by atoms with van der Waals surface area (Å²) < 4.78 is 10.9. The lowest BCUT2D eigenvalue weighted by atomic mass is 9.99. The molecule has 1 aliphatic rings. The molecule has 6 nitrogen and oxygen atoms in total. The maximum Gasteiger partial charge on any atom is 0.258 e. The summed E-state index contributed by atoms with van der Waals surface area (Å²) in [7, 11) is 7.25. The number of anilines is 2. The van der Waals surface area contributed by atoms with Crippen LogP contribution >= 0.6 is 0 Å². The number of amides is 1. The van der Waals surface area contributed by atoms with Crippen LogP contribution < -0.4 is 20.1 Å². The van der Waals surface area contributed by atoms with E-state index in [1.807, 2.05) is 62.6 Å². The summed E-state index contributed by atoms with van der Waals surface area (Å²) in [6, 6.07) is 21.7. The van der Waals surface area contributed by atoms with Crippen molar-refractivity contribution in [2.24, 2.45) is 0 Å². The molecule has 0 spiro atoms. The van der Waals surface area contributed by atoms with E-state index in [0.29, 0.717) is 22.8 Å². The van der Waals surface area contributed by atoms with Gasteiger partial charge in [0.25, 0.3) is 5.91 Å². The molecule has 3 aromatic rings. The van der Waals surface area contributed by atoms with Crippen LogP contribution in [0.2, 0.25) is 0 Å². The molecule has 3 aromatic carbocycles. The number of ether oxygens (including phenoxy) is 2. The fraction of sp³-hybridized carbons (Fsp3) is 0.192. The molecule has 0 saturated carbocycles. The first-order chi connectivity index (χ1) is 15.5. The Balaban J connectivity index is 1.86. The van der Waals surface area contributed by atoms with E-state index in [4.69, 9.17) is 9.47 Å². The molecule has 2 N–H and O–H groups in total. The van der Waals surface area contributed by atoms with Gasteiger partial charge in [0.05, 0.1) is 31.2 Å². The van der Waals surface area contributed by atoms with Crippen molar-refractivity contribution in [2.45, 2.75) is 6.54 Å². The summed E-state index contributed by atoms with van der Waals surface area (Å²) in [4.78, 5) is 15.3. The van der Waals surface area contributed by atoms with Gasteiger partial charge in [-0.25, -0.2) is 0 Å². The van der Waals surface area contributed by atoms with Crippen LogP contribution in [-0.4, -0.2) is 39.1 Å². The number of carbonyl (C=O) groups is 1. The number of hydrogen-bond donors (Lipinski definition) is 2. The van der Waals surface area contributed by atoms with Gasteiger partial charge in [-0.3, -0.25) is 4.79 Å². The summed E-state index contributed by atoms with van der Waals surface area (Å²) in [6.07, 6.45) is 0. The number of nitrogens with zero attached hydrogens (tertiary/aromatic N) is 1. The average molecular weight is 430 g/mol. The van der Waals surface area contributed by atoms with E-state index in [1.54, 1.807) is 20.3 Å². The van der Waals surface area contributed by atoms with Crippen molar-refractivity contribution in [3.05, 3.63) is 83.4 Å². The van der Waals surface area contributed by atoms with Crippen molar-refractivity contribution in [3.63, 3.8) is 0 Å². The van der Waals surface area contributed by atoms with E-state index in [-0.39, 0.29) is 5.91 Å². The normalized spacial score (nSPS) is 14.1. The topological polar surface area (TPSA) is 62.8 Å². The van der Waals surface area contributed by atoms with Gasteiger partial charge in [0.2, 0.25) is 0 Å². The van der Waals surface area contributed by atoms with E-state index >= 15 is 0 Å². The fourth-order valence-electron chi connectivity index (χ4n) is 3.89. The smallest absolute Gasteiger partial charge is 0.258 e. The Labute approximate surface area is 188 Å². The molecular formula is C26H27N3O3. The molecule has 0 radical (unpaired) electrons. The van der Waals surface area contributed by atoms with Crippen molar-refractivity contribution in [2.75, 3.05) is 38.9 Å². The molecule has 0 aliphatic carbocycles. The Bertz CT molecular complexity index is 1170. The highest BCUT2D eigenvalue weighted by atomic mass is 16.5. The minimum Gasteiger partial charge on any atom is -0.493 e. The van der Waals surface area contributed by atoms with Gasteiger partial charge < -0.3 is 25.0 Å². The van der Waals surface area contributed by atoms with E-state index in [0.717, 1.165) is 29.1 Å². The lowest BCUT2D eigenvalue weighted by Crippen LogP contribution is -2.12. The van der Waals surface area contributed by atoms with Crippen molar-refractivity contribution in [1.82, 2.24) is 4.90 Å². The number of methoxy groups -OCH3 is 2. The zero-order valence-corrected chi connectivity index (χ0v) is 18.7. The van der Waals surface area contributed by atoms with Crippen LogP contribution in [-0.2, 0) is 11.3 Å². The first-order valence-electron chi connectivity index (χ1n) is 10.4. The van der Waals surface area contributed by atoms with E-state index < -0.39 is 0 Å². The summed E-state index contributed by atoms with van der Waals surface area (Å²) in [5, 5.41) is 6.48. The van der Waals surface area contributed by atoms with Gasteiger partial charge in [-0.2, -0.15) is 0 Å². The van der Waals surface area contributed by atoms with Gasteiger partial charge >= 0.3 is 0 Å². The Kier molecular flexibility index (Phi) is 6.14. The first-order valence-corrected chi connectivity index (χ1v) is 10.4. The second kappa shape index (κ2) is 9.16. The second-order valence-corrected chi connectivity index (χ2v) is 7.89. The highest BCUT2D eigenvalue weighted by Crippen LogP contribution is 2.43. The van der Waals surface area contributed by atoms with Crippen molar-refractivity contribution in [1.29, 1.82) is 0 Å². The molecule has 0 saturated heterocycles. The molecule has 0 unspecified atom stereocenters. The van der Waals surface area contributed by atoms with E-state index in [1.165, 1.54) is 5.56 Å². The zero-order chi connectivity index (χ0) is 22.7. The molecule has 1 heterocycles. The zero-order valence-electron chi connectivity index (χ0n) is 18.7. The summed E-state index contributed by atoms with van der Waals surface area (Å²) in [5.41, 5.74) is 5.76. The van der Waals surface area contributed by atoms with Gasteiger partial charge in [0, 0.05) is 23.9 Å². The Morgan fingerprint density at radius 2 is 1.66 bits per heavy atom. The van der Waals surface area contributed by atoms with Gasteiger partial charge in [0.15, 0.2) is 11.5 Å². The van der Waals surface area contributed by atoms with Gasteiger partial charge in [0.1, 0.15) is 0 Å². The van der Waals surface area contributed by atoms with Gasteiger partial charge in [-0.05, 0) is 43.4 Å². The molecule has 0 atom stereocenters. The Morgan fingerprint density at radius 1 is 0.938 bits per heavy atom. The molecule has 1 aliphatic heterocycles. The molecule has 32 heavy (non-hydrogen) atoms. The molecule has 0 fully saturated rings. The Hall–Kier alpha value is -3.77. The van der Waals surface area contributed by atoms with Gasteiger partial charge in [-0.1, -0.05) is 42.5 Å². The molecule has 0 aromatic heterocycles. The SMILES string of the molecule is COc1cc2c(cc1OC)C(=C(Nc1cccc(CN(C)C)c1)c1ccccc1)C(=O)N2. The lowest BCUT2D eigenvalue weighted by Gasteiger charge is -2.17. The number of fused-ring (bicyclic) bond motifs is 1. The highest BCUT2D eigenvalue weighted by molar-refractivity contribution is 6.37. The number of carbonyl (C=O) groups excluding carboxylic acids is 1. The highest BCUT2D eigenvalue weighted by Gasteiger charge is 2.30. The van der Waals surface area contributed by atoms with Crippen LogP contribution in [0.1, 0.15) is 16.7 Å². The standard InChI is InChI=1S/C26H27N3O3/c1-29(2)16-17-9-8-12-19(13-17)27-25(18-10-6-5-7-11-18)24-20-14-22(31-3)23(32-4)15-21(20)28-26(24)30/h5-15,27H,16H2,1-4H3,(H,28,30). The number of benzene rings is 3. The van der Waals surface area contributed by atoms with Gasteiger partial charge in [-0.15, -0.1) is 0 Å². The van der Waals surface area contributed by atoms with Crippen LogP contribution in [0.4, 0.5) is 11.4 Å². The molecular weight excluding hydrogens is 402 g/mol. The van der Waals surface area contributed by atoms with Crippen LogP contribution in [0.25, 0.3) is 11.3 Å². The average Bonchev–Trinajstić information content (AvgIpc) is 3.11. The molecule has 1 amide bonds. The number of hydrogen-bond acceptors (Lipinski definition) is 5. The summed E-state index contributed by atoms with van der Waals surface area (Å²) in [5.74, 6) is 0.963. The molecule has 4 rings (SSSR count). The fourth-order valence-corrected chi connectivity index (χ4v) is 3.89. The number of nitrogens with one attached hydrogen (secondary N) is 2. The second-order valence-electron chi connectivity index (χ2n) is 7.89. The van der Waals surface area contributed by atoms with Crippen LogP contribution in [0, 0.1) is 0 Å². The van der Waals surface area contributed by atoms with Crippen molar-refractivity contribution in [3.8, 4) is 11.5 Å². The van der Waals surface area contributed by atoms with Crippen LogP contribution in [0.15, 0.2) is 66.7 Å². The molecule has 164 valence electrons. The van der Waals surface area contributed by atoms with Crippen molar-refractivity contribution >= 4 is 28.6 Å².